The lowest BCUT2D eigenvalue weighted by molar-refractivity contribution is 0.0760. The van der Waals surface area contributed by atoms with E-state index in [0.29, 0.717) is 5.82 Å². The van der Waals surface area contributed by atoms with Gasteiger partial charge in [-0.15, -0.1) is 0 Å². The topological polar surface area (TPSA) is 47.4 Å². The quantitative estimate of drug-likeness (QED) is 0.646. The fraction of sp³-hybridized carbons (Fsp3) is 0.333. The average Bonchev–Trinajstić information content (AvgIpc) is 3.05. The molecule has 1 aromatic heterocycles. The second kappa shape index (κ2) is 8.15. The van der Waals surface area contributed by atoms with Gasteiger partial charge in [-0.1, -0.05) is 44.2 Å². The van der Waals surface area contributed by atoms with E-state index in [2.05, 4.69) is 23.7 Å². The third kappa shape index (κ3) is 3.63. The highest BCUT2D eigenvalue weighted by molar-refractivity contribution is 5.93. The maximum atomic E-state index is 13.2. The van der Waals surface area contributed by atoms with E-state index in [1.165, 1.54) is 0 Å². The predicted molar refractivity (Wildman–Crippen MR) is 104 cm³/mol. The van der Waals surface area contributed by atoms with E-state index in [1.807, 2.05) is 61.5 Å². The van der Waals surface area contributed by atoms with Crippen LogP contribution in [0.2, 0.25) is 0 Å². The highest BCUT2D eigenvalue weighted by Crippen LogP contribution is 2.20. The fourth-order valence-corrected chi connectivity index (χ4v) is 3.20. The van der Waals surface area contributed by atoms with Gasteiger partial charge in [-0.3, -0.25) is 14.3 Å². The molecule has 1 atom stereocenters. The smallest absolute Gasteiger partial charge is 0.249 e. The average molecular weight is 351 g/mol. The number of fused-ring (bicyclic) bond motifs is 1. The Bertz CT molecular complexity index is 869. The number of hydrogen-bond donors (Lipinski definition) is 0. The molecule has 136 valence electrons. The Kier molecular flexibility index (Phi) is 5.68. The molecule has 5 nitrogen and oxygen atoms in total. The number of imidazole rings is 1. The van der Waals surface area contributed by atoms with Crippen LogP contribution in [0, 0.1) is 0 Å². The molecule has 0 radical (unpaired) electrons. The lowest BCUT2D eigenvalue weighted by Crippen LogP contribution is -2.41. The first kappa shape index (κ1) is 18.1. The summed E-state index contributed by atoms with van der Waals surface area (Å²) in [7, 11) is 0. The number of ether oxygens (including phenoxy) is 1. The van der Waals surface area contributed by atoms with Crippen LogP contribution in [0.3, 0.4) is 0 Å². The maximum absolute atomic E-state index is 13.2. The zero-order valence-electron chi connectivity index (χ0n) is 15.6. The first-order valence-corrected chi connectivity index (χ1v) is 9.08. The number of carbonyl (C=O) groups excluding carboxylic acids is 1. The largest absolute Gasteiger partial charge is 0.486 e. The van der Waals surface area contributed by atoms with Crippen LogP contribution < -0.4 is 4.74 Å². The van der Waals surface area contributed by atoms with E-state index in [1.54, 1.807) is 4.57 Å². The van der Waals surface area contributed by atoms with E-state index < -0.39 is 0 Å². The summed E-state index contributed by atoms with van der Waals surface area (Å²) in [5.74, 6) is 1.41. The molecule has 3 rings (SSSR count). The molecule has 0 spiro atoms. The molecule has 0 aliphatic carbocycles. The summed E-state index contributed by atoms with van der Waals surface area (Å²) in [4.78, 5) is 20.0. The maximum Gasteiger partial charge on any atom is 0.249 e. The Balaban J connectivity index is 1.95. The molecule has 26 heavy (non-hydrogen) atoms. The van der Waals surface area contributed by atoms with Crippen LogP contribution in [0.1, 0.15) is 31.4 Å². The number of carbonyl (C=O) groups is 1. The van der Waals surface area contributed by atoms with Crippen molar-refractivity contribution in [2.45, 2.75) is 33.4 Å². The lowest BCUT2D eigenvalue weighted by atomic mass is 10.2. The minimum Gasteiger partial charge on any atom is -0.486 e. The van der Waals surface area contributed by atoms with Gasteiger partial charge in [-0.2, -0.15) is 0 Å². The van der Waals surface area contributed by atoms with Crippen molar-refractivity contribution in [3.63, 3.8) is 0 Å². The van der Waals surface area contributed by atoms with Gasteiger partial charge in [0.1, 0.15) is 12.4 Å². The highest BCUT2D eigenvalue weighted by atomic mass is 16.5. The van der Waals surface area contributed by atoms with Crippen LogP contribution >= 0.6 is 0 Å². The lowest BCUT2D eigenvalue weighted by Gasteiger charge is -2.25. The number of rotatable bonds is 7. The number of hydrogen-bond acceptors (Lipinski definition) is 4. The van der Waals surface area contributed by atoms with Crippen LogP contribution in [-0.4, -0.2) is 39.5 Å². The molecule has 1 heterocycles. The summed E-state index contributed by atoms with van der Waals surface area (Å²) in [6.07, 6.45) is 0. The second-order valence-electron chi connectivity index (χ2n) is 6.19. The van der Waals surface area contributed by atoms with Crippen molar-refractivity contribution in [3.8, 4) is 5.75 Å². The molecule has 3 aromatic rings. The van der Waals surface area contributed by atoms with Gasteiger partial charge in [0.2, 0.25) is 5.91 Å². The number of aromatic nitrogens is 2. The third-order valence-corrected chi connectivity index (χ3v) is 4.68. The first-order chi connectivity index (χ1) is 12.7. The minimum absolute atomic E-state index is 0.0223. The van der Waals surface area contributed by atoms with Crippen molar-refractivity contribution in [2.75, 3.05) is 13.1 Å². The molecular weight excluding hydrogens is 326 g/mol. The summed E-state index contributed by atoms with van der Waals surface area (Å²) in [6, 6.07) is 17.1. The van der Waals surface area contributed by atoms with Gasteiger partial charge in [0.05, 0.1) is 17.1 Å². The van der Waals surface area contributed by atoms with Crippen molar-refractivity contribution < 1.29 is 9.53 Å². The molecule has 0 aliphatic heterocycles. The molecule has 0 N–H and O–H groups in total. The van der Waals surface area contributed by atoms with E-state index in [4.69, 9.17) is 4.74 Å². The van der Waals surface area contributed by atoms with E-state index in [-0.39, 0.29) is 18.6 Å². The number of likely N-dealkylation sites (N-methyl/N-ethyl adjacent to an activating group) is 1. The van der Waals surface area contributed by atoms with Gasteiger partial charge in [0.25, 0.3) is 0 Å². The Morgan fingerprint density at radius 1 is 1.08 bits per heavy atom. The Morgan fingerprint density at radius 2 is 1.73 bits per heavy atom. The molecule has 0 bridgehead atoms. The fourth-order valence-electron chi connectivity index (χ4n) is 3.20. The Labute approximate surface area is 154 Å². The normalized spacial score (nSPS) is 12.5. The summed E-state index contributed by atoms with van der Waals surface area (Å²) >= 11 is 0. The van der Waals surface area contributed by atoms with Crippen LogP contribution in [-0.2, 0) is 6.61 Å². The summed E-state index contributed by atoms with van der Waals surface area (Å²) < 4.78 is 7.57. The SMILES string of the molecule is CCN(CC)C(C)C(=O)n1c(COc2ccccc2)nc2ccccc21. The zero-order valence-corrected chi connectivity index (χ0v) is 15.6. The van der Waals surface area contributed by atoms with Gasteiger partial charge in [0, 0.05) is 0 Å². The van der Waals surface area contributed by atoms with Gasteiger partial charge in [-0.25, -0.2) is 4.98 Å². The van der Waals surface area contributed by atoms with E-state index in [0.717, 1.165) is 29.9 Å². The molecule has 0 aliphatic rings. The molecule has 5 heteroatoms. The number of benzene rings is 2. The third-order valence-electron chi connectivity index (χ3n) is 4.68. The van der Waals surface area contributed by atoms with Crippen molar-refractivity contribution in [2.24, 2.45) is 0 Å². The standard InChI is InChI=1S/C21H25N3O2/c1-4-23(5-2)16(3)21(25)24-19-14-10-9-13-18(19)22-20(24)15-26-17-11-7-6-8-12-17/h6-14,16H,4-5,15H2,1-3H3. The van der Waals surface area contributed by atoms with Crippen molar-refractivity contribution in [1.29, 1.82) is 0 Å². The summed E-state index contributed by atoms with van der Waals surface area (Å²) in [6.45, 7) is 7.98. The molecule has 0 fully saturated rings. The van der Waals surface area contributed by atoms with E-state index >= 15 is 0 Å². The van der Waals surface area contributed by atoms with Gasteiger partial charge < -0.3 is 4.74 Å². The van der Waals surface area contributed by atoms with Crippen LogP contribution in [0.15, 0.2) is 54.6 Å². The number of nitrogens with zero attached hydrogens (tertiary/aromatic N) is 3. The molecule has 0 amide bonds. The summed E-state index contributed by atoms with van der Waals surface area (Å²) in [5, 5.41) is 0. The van der Waals surface area contributed by atoms with Crippen molar-refractivity contribution in [3.05, 3.63) is 60.4 Å². The molecule has 2 aromatic carbocycles. The van der Waals surface area contributed by atoms with Crippen molar-refractivity contribution in [1.82, 2.24) is 14.5 Å². The van der Waals surface area contributed by atoms with Gasteiger partial charge in [0.15, 0.2) is 5.82 Å². The molecule has 1 unspecified atom stereocenters. The van der Waals surface area contributed by atoms with Crippen molar-refractivity contribution >= 4 is 16.9 Å². The summed E-state index contributed by atoms with van der Waals surface area (Å²) in [5.41, 5.74) is 1.63. The highest BCUT2D eigenvalue weighted by Gasteiger charge is 2.25. The minimum atomic E-state index is -0.224. The van der Waals surface area contributed by atoms with Gasteiger partial charge >= 0.3 is 0 Å². The molecular formula is C21H25N3O2. The van der Waals surface area contributed by atoms with Crippen LogP contribution in [0.25, 0.3) is 11.0 Å². The van der Waals surface area contributed by atoms with Gasteiger partial charge in [-0.05, 0) is 44.3 Å². The van der Waals surface area contributed by atoms with E-state index in [9.17, 15) is 4.79 Å². The second-order valence-corrected chi connectivity index (χ2v) is 6.19. The zero-order chi connectivity index (χ0) is 18.5. The molecule has 0 saturated heterocycles. The number of para-hydroxylation sites is 3. The van der Waals surface area contributed by atoms with Crippen LogP contribution in [0.5, 0.6) is 5.75 Å². The Hall–Kier alpha value is -2.66. The Morgan fingerprint density at radius 3 is 2.42 bits per heavy atom. The van der Waals surface area contributed by atoms with Crippen LogP contribution in [0.4, 0.5) is 0 Å². The molecule has 0 saturated carbocycles. The predicted octanol–water partition coefficient (Wildman–Crippen LogP) is 3.99. The first-order valence-electron chi connectivity index (χ1n) is 9.08. The monoisotopic (exact) mass is 351 g/mol.